The molecule has 1 aliphatic rings. The van der Waals surface area contributed by atoms with Crippen molar-refractivity contribution in [1.82, 2.24) is 9.88 Å². The Morgan fingerprint density at radius 3 is 2.70 bits per heavy atom. The van der Waals surface area contributed by atoms with Crippen LogP contribution in [0.5, 0.6) is 0 Å². The fourth-order valence-electron chi connectivity index (χ4n) is 3.76. The molecule has 124 valence electrons. The first-order valence-electron chi connectivity index (χ1n) is 8.18. The molecule has 2 atom stereocenters. The summed E-state index contributed by atoms with van der Waals surface area (Å²) in [5.74, 6) is 0. The molecule has 4 nitrogen and oxygen atoms in total. The minimum Gasteiger partial charge on any atom is -0.298 e. The molecule has 0 amide bonds. The van der Waals surface area contributed by atoms with Crippen LogP contribution < -0.4 is 0 Å². The number of fused-ring (bicyclic) bond motifs is 1. The number of hydrogen-bond acceptors (Lipinski definition) is 4. The molecule has 0 unspecified atom stereocenters. The minimum atomic E-state index is -3.01. The van der Waals surface area contributed by atoms with Gasteiger partial charge < -0.3 is 0 Å². The van der Waals surface area contributed by atoms with Crippen LogP contribution in [0.1, 0.15) is 31.2 Å². The quantitative estimate of drug-likeness (QED) is 0.863. The van der Waals surface area contributed by atoms with Crippen molar-refractivity contribution < 1.29 is 8.42 Å². The molecule has 1 fully saturated rings. The predicted molar refractivity (Wildman–Crippen MR) is 94.1 cm³/mol. The highest BCUT2D eigenvalue weighted by Crippen LogP contribution is 2.29. The van der Waals surface area contributed by atoms with E-state index in [9.17, 15) is 8.42 Å². The molecule has 1 aromatic carbocycles. The highest BCUT2D eigenvalue weighted by Gasteiger charge is 2.35. The van der Waals surface area contributed by atoms with Gasteiger partial charge in [0, 0.05) is 30.4 Å². The zero-order chi connectivity index (χ0) is 16.4. The van der Waals surface area contributed by atoms with E-state index < -0.39 is 9.84 Å². The summed E-state index contributed by atoms with van der Waals surface area (Å²) < 4.78 is 24.3. The minimum absolute atomic E-state index is 0.0951. The molecule has 0 saturated heterocycles. The molecule has 1 aliphatic carbocycles. The highest BCUT2D eigenvalue weighted by molar-refractivity contribution is 7.91. The Morgan fingerprint density at radius 1 is 1.17 bits per heavy atom. The van der Waals surface area contributed by atoms with Crippen LogP contribution >= 0.6 is 0 Å². The summed E-state index contributed by atoms with van der Waals surface area (Å²) in [6, 6.07) is 10.3. The third kappa shape index (κ3) is 3.56. The molecule has 0 spiro atoms. The third-order valence-electron chi connectivity index (χ3n) is 4.92. The Labute approximate surface area is 138 Å². The van der Waals surface area contributed by atoms with Gasteiger partial charge in [0.05, 0.1) is 10.8 Å². The number of nitrogens with zero attached hydrogens (tertiary/aromatic N) is 2. The Bertz CT molecular complexity index is 783. The lowest BCUT2D eigenvalue weighted by atomic mass is 9.93. The van der Waals surface area contributed by atoms with Crippen LogP contribution in [-0.2, 0) is 16.4 Å². The summed E-state index contributed by atoms with van der Waals surface area (Å²) in [4.78, 5) is 6.70. The Balaban J connectivity index is 1.86. The zero-order valence-electron chi connectivity index (χ0n) is 13.8. The molecule has 5 heteroatoms. The van der Waals surface area contributed by atoms with E-state index >= 15 is 0 Å². The second kappa shape index (κ2) is 6.57. The van der Waals surface area contributed by atoms with Gasteiger partial charge in [-0.3, -0.25) is 9.88 Å². The fourth-order valence-corrected chi connectivity index (χ4v) is 5.27. The van der Waals surface area contributed by atoms with Crippen LogP contribution in [0.2, 0.25) is 0 Å². The molecule has 1 heterocycles. The number of benzene rings is 1. The van der Waals surface area contributed by atoms with Gasteiger partial charge in [0.2, 0.25) is 0 Å². The maximum absolute atomic E-state index is 12.1. The monoisotopic (exact) mass is 332 g/mol. The molecular weight excluding hydrogens is 308 g/mol. The van der Waals surface area contributed by atoms with E-state index in [1.165, 1.54) is 6.26 Å². The lowest BCUT2D eigenvalue weighted by Crippen LogP contribution is -2.46. The number of aromatic nitrogens is 1. The lowest BCUT2D eigenvalue weighted by molar-refractivity contribution is 0.187. The fraction of sp³-hybridized carbons (Fsp3) is 0.500. The summed E-state index contributed by atoms with van der Waals surface area (Å²) in [5.41, 5.74) is 2.16. The first-order valence-corrected chi connectivity index (χ1v) is 10.1. The molecule has 0 aliphatic heterocycles. The summed E-state index contributed by atoms with van der Waals surface area (Å²) >= 11 is 0. The van der Waals surface area contributed by atoms with Crippen molar-refractivity contribution in [3.8, 4) is 0 Å². The lowest BCUT2D eigenvalue weighted by Gasteiger charge is -2.37. The molecule has 2 aromatic rings. The Hall–Kier alpha value is -1.46. The summed E-state index contributed by atoms with van der Waals surface area (Å²) in [6.45, 7) is 0.727. The van der Waals surface area contributed by atoms with Gasteiger partial charge in [0.15, 0.2) is 9.84 Å². The van der Waals surface area contributed by atoms with Crippen LogP contribution in [0.15, 0.2) is 36.5 Å². The van der Waals surface area contributed by atoms with Gasteiger partial charge in [-0.25, -0.2) is 8.42 Å². The van der Waals surface area contributed by atoms with Crippen molar-refractivity contribution in [1.29, 1.82) is 0 Å². The van der Waals surface area contributed by atoms with Gasteiger partial charge in [0.25, 0.3) is 0 Å². The first-order chi connectivity index (χ1) is 11.0. The van der Waals surface area contributed by atoms with E-state index in [0.29, 0.717) is 0 Å². The Morgan fingerprint density at radius 2 is 1.91 bits per heavy atom. The summed E-state index contributed by atoms with van der Waals surface area (Å²) in [7, 11) is -0.975. The van der Waals surface area contributed by atoms with Gasteiger partial charge in [0.1, 0.15) is 0 Å². The van der Waals surface area contributed by atoms with Crippen molar-refractivity contribution in [2.45, 2.75) is 43.5 Å². The second-order valence-electron chi connectivity index (χ2n) is 6.63. The van der Waals surface area contributed by atoms with Crippen molar-refractivity contribution in [2.24, 2.45) is 0 Å². The van der Waals surface area contributed by atoms with E-state index in [0.717, 1.165) is 48.7 Å². The molecule has 1 saturated carbocycles. The number of rotatable bonds is 4. The number of sulfone groups is 1. The Kier molecular flexibility index (Phi) is 4.69. The summed E-state index contributed by atoms with van der Waals surface area (Å²) in [5, 5.41) is 0.880. The van der Waals surface area contributed by atoms with Crippen LogP contribution in [0.3, 0.4) is 0 Å². The summed E-state index contributed by atoms with van der Waals surface area (Å²) in [6.07, 6.45) is 7.04. The van der Waals surface area contributed by atoms with Crippen molar-refractivity contribution in [2.75, 3.05) is 13.3 Å². The predicted octanol–water partition coefficient (Wildman–Crippen LogP) is 3.02. The van der Waals surface area contributed by atoms with E-state index in [2.05, 4.69) is 28.1 Å². The molecule has 23 heavy (non-hydrogen) atoms. The van der Waals surface area contributed by atoms with Gasteiger partial charge in [-0.2, -0.15) is 0 Å². The normalized spacial score (nSPS) is 22.6. The molecule has 1 aromatic heterocycles. The van der Waals surface area contributed by atoms with Crippen LogP contribution in [0.25, 0.3) is 10.9 Å². The van der Waals surface area contributed by atoms with Gasteiger partial charge in [-0.1, -0.05) is 37.1 Å². The van der Waals surface area contributed by atoms with Crippen molar-refractivity contribution in [3.05, 3.63) is 42.1 Å². The topological polar surface area (TPSA) is 50.3 Å². The van der Waals surface area contributed by atoms with Crippen LogP contribution in [0.4, 0.5) is 0 Å². The van der Waals surface area contributed by atoms with E-state index in [1.807, 2.05) is 25.4 Å². The third-order valence-corrected chi connectivity index (χ3v) is 6.57. The van der Waals surface area contributed by atoms with E-state index in [1.54, 1.807) is 0 Å². The van der Waals surface area contributed by atoms with Crippen molar-refractivity contribution in [3.63, 3.8) is 0 Å². The van der Waals surface area contributed by atoms with Gasteiger partial charge >= 0.3 is 0 Å². The molecule has 0 N–H and O–H groups in total. The molecule has 0 bridgehead atoms. The smallest absolute Gasteiger partial charge is 0.151 e. The van der Waals surface area contributed by atoms with Gasteiger partial charge in [-0.05, 0) is 31.5 Å². The first kappa shape index (κ1) is 16.4. The largest absolute Gasteiger partial charge is 0.298 e. The average molecular weight is 332 g/mol. The van der Waals surface area contributed by atoms with E-state index in [-0.39, 0.29) is 11.3 Å². The average Bonchev–Trinajstić information content (AvgIpc) is 2.54. The maximum atomic E-state index is 12.1. The van der Waals surface area contributed by atoms with Gasteiger partial charge in [-0.15, -0.1) is 0 Å². The second-order valence-corrected chi connectivity index (χ2v) is 8.89. The number of para-hydroxylation sites is 1. The molecule has 3 rings (SSSR count). The molecular formula is C18H24N2O2S. The standard InChI is InChI=1S/C18H24N2O2S/c1-20(16-10-3-4-11-17(16)23(2,21)22)13-15-8-5-7-14-9-6-12-19-18(14)15/h5-9,12,16-17H,3-4,10-11,13H2,1-2H3/t16-,17+/m1/s1. The van der Waals surface area contributed by atoms with Crippen LogP contribution in [-0.4, -0.2) is 42.9 Å². The highest BCUT2D eigenvalue weighted by atomic mass is 32.2. The number of pyridine rings is 1. The number of hydrogen-bond donors (Lipinski definition) is 0. The molecule has 0 radical (unpaired) electrons. The van der Waals surface area contributed by atoms with E-state index in [4.69, 9.17) is 0 Å². The maximum Gasteiger partial charge on any atom is 0.151 e. The van der Waals surface area contributed by atoms with Crippen LogP contribution in [0, 0.1) is 0 Å². The zero-order valence-corrected chi connectivity index (χ0v) is 14.6. The SMILES string of the molecule is CN(Cc1cccc2cccnc12)[C@@H]1CCCC[C@@H]1S(C)(=O)=O. The van der Waals surface area contributed by atoms with Crippen molar-refractivity contribution >= 4 is 20.7 Å².